The second-order valence-corrected chi connectivity index (χ2v) is 8.48. The fourth-order valence-corrected chi connectivity index (χ4v) is 5.41. The highest BCUT2D eigenvalue weighted by molar-refractivity contribution is 7.10. The van der Waals surface area contributed by atoms with Crippen molar-refractivity contribution in [3.05, 3.63) is 22.4 Å². The Bertz CT molecular complexity index is 511. The summed E-state index contributed by atoms with van der Waals surface area (Å²) in [5.41, 5.74) is 0. The lowest BCUT2D eigenvalue weighted by molar-refractivity contribution is -0.119. The molecule has 2 heterocycles. The average molecular weight is 350 g/mol. The minimum absolute atomic E-state index is 0.107. The fourth-order valence-electron chi connectivity index (χ4n) is 4.43. The number of hydrogen-bond donors (Lipinski definition) is 2. The summed E-state index contributed by atoms with van der Waals surface area (Å²) in [6.45, 7) is 3.94. The van der Waals surface area contributed by atoms with Crippen LogP contribution in [-0.4, -0.2) is 43.0 Å². The highest BCUT2D eigenvalue weighted by Crippen LogP contribution is 2.37. The predicted octanol–water partition coefficient (Wildman–Crippen LogP) is 3.17. The van der Waals surface area contributed by atoms with E-state index in [1.165, 1.54) is 37.1 Å². The van der Waals surface area contributed by atoms with Crippen molar-refractivity contribution < 1.29 is 4.79 Å². The molecule has 0 spiro atoms. The van der Waals surface area contributed by atoms with Gasteiger partial charge in [0.05, 0.1) is 0 Å². The summed E-state index contributed by atoms with van der Waals surface area (Å²) in [4.78, 5) is 15.2. The smallest absolute Gasteiger partial charge is 0.217 e. The van der Waals surface area contributed by atoms with Gasteiger partial charge < -0.3 is 10.6 Å². The van der Waals surface area contributed by atoms with Crippen molar-refractivity contribution in [1.82, 2.24) is 15.5 Å². The Morgan fingerprint density at radius 3 is 2.67 bits per heavy atom. The number of piperidine rings is 1. The van der Waals surface area contributed by atoms with Crippen molar-refractivity contribution >= 4 is 17.2 Å². The first-order chi connectivity index (χ1) is 11.6. The summed E-state index contributed by atoms with van der Waals surface area (Å²) < 4.78 is 0. The minimum Gasteiger partial charge on any atom is -0.354 e. The lowest BCUT2D eigenvalue weighted by Gasteiger charge is -2.40. The molecule has 2 aliphatic rings. The Morgan fingerprint density at radius 1 is 1.25 bits per heavy atom. The van der Waals surface area contributed by atoms with Crippen LogP contribution in [0.5, 0.6) is 0 Å². The monoisotopic (exact) mass is 349 g/mol. The zero-order valence-corrected chi connectivity index (χ0v) is 15.8. The van der Waals surface area contributed by atoms with E-state index >= 15 is 0 Å². The standard InChI is InChI=1S/C19H31N3OS/c1-14(23)21-17-9-7-16(8-10-17)20-13-15-5-3-11-22(2)19(15)18-6-4-12-24-18/h4,6,12,15-17,19-20H,3,5,7-11,13H2,1-2H3,(H,21,23)/t15-,16?,17?,19+/m0/s1. The van der Waals surface area contributed by atoms with Crippen LogP contribution in [0.25, 0.3) is 0 Å². The fraction of sp³-hybridized carbons (Fsp3) is 0.737. The van der Waals surface area contributed by atoms with E-state index in [0.717, 1.165) is 19.4 Å². The first kappa shape index (κ1) is 17.9. The third-order valence-electron chi connectivity index (χ3n) is 5.65. The molecule has 2 fully saturated rings. The second kappa shape index (κ2) is 8.45. The van der Waals surface area contributed by atoms with Gasteiger partial charge >= 0.3 is 0 Å². The first-order valence-corrected chi connectivity index (χ1v) is 10.3. The van der Waals surface area contributed by atoms with Gasteiger partial charge in [0.1, 0.15) is 0 Å². The molecule has 4 nitrogen and oxygen atoms in total. The van der Waals surface area contributed by atoms with Crippen LogP contribution in [0, 0.1) is 5.92 Å². The molecule has 24 heavy (non-hydrogen) atoms. The van der Waals surface area contributed by atoms with Crippen molar-refractivity contribution in [1.29, 1.82) is 0 Å². The van der Waals surface area contributed by atoms with Crippen molar-refractivity contribution in [2.75, 3.05) is 20.1 Å². The number of carbonyl (C=O) groups excluding carboxylic acids is 1. The van der Waals surface area contributed by atoms with Crippen LogP contribution in [0.2, 0.25) is 0 Å². The van der Waals surface area contributed by atoms with E-state index in [1.807, 2.05) is 11.3 Å². The summed E-state index contributed by atoms with van der Waals surface area (Å²) in [5, 5.41) is 9.11. The van der Waals surface area contributed by atoms with E-state index in [-0.39, 0.29) is 5.91 Å². The van der Waals surface area contributed by atoms with Gasteiger partial charge in [-0.3, -0.25) is 9.69 Å². The first-order valence-electron chi connectivity index (χ1n) is 9.37. The minimum atomic E-state index is 0.107. The molecule has 5 heteroatoms. The highest BCUT2D eigenvalue weighted by Gasteiger charge is 2.31. The number of hydrogen-bond acceptors (Lipinski definition) is 4. The van der Waals surface area contributed by atoms with Crippen molar-refractivity contribution in [3.8, 4) is 0 Å². The Morgan fingerprint density at radius 2 is 2.00 bits per heavy atom. The molecule has 0 aromatic carbocycles. The molecule has 0 unspecified atom stereocenters. The van der Waals surface area contributed by atoms with Crippen molar-refractivity contribution in [2.24, 2.45) is 5.92 Å². The van der Waals surface area contributed by atoms with E-state index in [2.05, 4.69) is 40.1 Å². The molecule has 0 radical (unpaired) electrons. The Kier molecular flexibility index (Phi) is 6.31. The summed E-state index contributed by atoms with van der Waals surface area (Å²) in [7, 11) is 2.27. The van der Waals surface area contributed by atoms with Gasteiger partial charge in [-0.15, -0.1) is 11.3 Å². The Hall–Kier alpha value is -0.910. The van der Waals surface area contributed by atoms with E-state index in [0.29, 0.717) is 24.0 Å². The summed E-state index contributed by atoms with van der Waals surface area (Å²) >= 11 is 1.89. The summed E-state index contributed by atoms with van der Waals surface area (Å²) in [6, 6.07) is 6.05. The van der Waals surface area contributed by atoms with Gasteiger partial charge in [-0.05, 0) is 69.5 Å². The molecule has 1 aromatic heterocycles. The van der Waals surface area contributed by atoms with Gasteiger partial charge in [0.2, 0.25) is 5.91 Å². The van der Waals surface area contributed by atoms with Crippen LogP contribution >= 0.6 is 11.3 Å². The third kappa shape index (κ3) is 4.58. The summed E-state index contributed by atoms with van der Waals surface area (Å²) in [6.07, 6.45) is 7.20. The van der Waals surface area contributed by atoms with Crippen LogP contribution in [0.15, 0.2) is 17.5 Å². The van der Waals surface area contributed by atoms with Gasteiger partial charge in [0.25, 0.3) is 0 Å². The van der Waals surface area contributed by atoms with Crippen molar-refractivity contribution in [2.45, 2.75) is 63.6 Å². The van der Waals surface area contributed by atoms with E-state index in [1.54, 1.807) is 6.92 Å². The van der Waals surface area contributed by atoms with Gasteiger partial charge in [-0.2, -0.15) is 0 Å². The molecule has 1 saturated carbocycles. The number of thiophene rings is 1. The SMILES string of the molecule is CC(=O)NC1CCC(NC[C@@H]2CCCN(C)[C@H]2c2cccs2)CC1. The predicted molar refractivity (Wildman–Crippen MR) is 100 cm³/mol. The lowest BCUT2D eigenvalue weighted by Crippen LogP contribution is -2.45. The van der Waals surface area contributed by atoms with Gasteiger partial charge in [0.15, 0.2) is 0 Å². The quantitative estimate of drug-likeness (QED) is 0.858. The zero-order chi connectivity index (χ0) is 16.9. The van der Waals surface area contributed by atoms with E-state index < -0.39 is 0 Å². The number of nitrogens with zero attached hydrogens (tertiary/aromatic N) is 1. The van der Waals surface area contributed by atoms with Crippen LogP contribution < -0.4 is 10.6 Å². The van der Waals surface area contributed by atoms with Crippen LogP contribution in [0.4, 0.5) is 0 Å². The van der Waals surface area contributed by atoms with E-state index in [4.69, 9.17) is 0 Å². The largest absolute Gasteiger partial charge is 0.354 e. The number of likely N-dealkylation sites (tertiary alicyclic amines) is 1. The Labute approximate surface area is 150 Å². The van der Waals surface area contributed by atoms with Gasteiger partial charge in [-0.1, -0.05) is 6.07 Å². The molecular formula is C19H31N3OS. The third-order valence-corrected chi connectivity index (χ3v) is 6.59. The topological polar surface area (TPSA) is 44.4 Å². The molecule has 1 saturated heterocycles. The molecule has 1 amide bonds. The highest BCUT2D eigenvalue weighted by atomic mass is 32.1. The average Bonchev–Trinajstić information content (AvgIpc) is 3.07. The molecule has 0 bridgehead atoms. The number of carbonyl (C=O) groups is 1. The summed E-state index contributed by atoms with van der Waals surface area (Å²) in [5.74, 6) is 0.811. The second-order valence-electron chi connectivity index (χ2n) is 7.50. The molecule has 1 aliphatic heterocycles. The lowest BCUT2D eigenvalue weighted by atomic mass is 9.86. The Balaban J connectivity index is 1.49. The van der Waals surface area contributed by atoms with Crippen LogP contribution in [0.3, 0.4) is 0 Å². The molecule has 2 atom stereocenters. The van der Waals surface area contributed by atoms with Gasteiger partial charge in [0, 0.05) is 36.5 Å². The van der Waals surface area contributed by atoms with Crippen molar-refractivity contribution in [3.63, 3.8) is 0 Å². The molecule has 1 aromatic rings. The number of rotatable bonds is 5. The van der Waals surface area contributed by atoms with Gasteiger partial charge in [-0.25, -0.2) is 0 Å². The molecule has 3 rings (SSSR count). The zero-order valence-electron chi connectivity index (χ0n) is 15.0. The maximum atomic E-state index is 11.2. The van der Waals surface area contributed by atoms with Crippen LogP contribution in [-0.2, 0) is 4.79 Å². The maximum absolute atomic E-state index is 11.2. The molecule has 2 N–H and O–H groups in total. The van der Waals surface area contributed by atoms with E-state index in [9.17, 15) is 4.79 Å². The normalized spacial score (nSPS) is 31.8. The van der Waals surface area contributed by atoms with Crippen LogP contribution in [0.1, 0.15) is 56.4 Å². The molecule has 1 aliphatic carbocycles. The molecular weight excluding hydrogens is 318 g/mol. The number of nitrogens with one attached hydrogen (secondary N) is 2. The molecule has 134 valence electrons. The number of amides is 1. The maximum Gasteiger partial charge on any atom is 0.217 e.